The van der Waals surface area contributed by atoms with Gasteiger partial charge in [0.05, 0.1) is 6.04 Å². The van der Waals surface area contributed by atoms with Gasteiger partial charge in [-0.15, -0.1) is 0 Å². The van der Waals surface area contributed by atoms with E-state index in [0.717, 1.165) is 0 Å². The molecule has 3 nitrogen and oxygen atoms in total. The third-order valence-electron chi connectivity index (χ3n) is 3.37. The van der Waals surface area contributed by atoms with Gasteiger partial charge in [0.15, 0.2) is 0 Å². The number of halogens is 2. The number of hydrogen-bond acceptors (Lipinski definition) is 2. The molecule has 1 heterocycles. The molecule has 1 amide bonds. The maximum absolute atomic E-state index is 13.1. The summed E-state index contributed by atoms with van der Waals surface area (Å²) >= 11 is 6.10. The molecule has 0 spiro atoms. The van der Waals surface area contributed by atoms with Crippen molar-refractivity contribution < 1.29 is 9.18 Å². The van der Waals surface area contributed by atoms with Gasteiger partial charge in [0.25, 0.3) is 0 Å². The second-order valence-corrected chi connectivity index (χ2v) is 6.32. The van der Waals surface area contributed by atoms with Crippen molar-refractivity contribution in [1.82, 2.24) is 4.90 Å². The minimum absolute atomic E-state index is 0.00499. The molecular weight excluding hydrogens is 267 g/mol. The molecule has 2 atom stereocenters. The summed E-state index contributed by atoms with van der Waals surface area (Å²) in [5.41, 5.74) is 6.43. The molecule has 0 aliphatic carbocycles. The fourth-order valence-corrected chi connectivity index (χ4v) is 2.94. The maximum Gasteiger partial charge on any atom is 0.225 e. The average Bonchev–Trinajstić information content (AvgIpc) is 2.53. The fourth-order valence-electron chi connectivity index (χ4n) is 2.66. The minimum atomic E-state index is -0.394. The standard InChI is InChI=1S/C14H18ClFN2O/c1-14(2,3)18-12(19)7-11(17)13(18)9-5-4-8(16)6-10(9)15/h4-6,11,13H,7,17H2,1-3H3. The SMILES string of the molecule is CC(C)(C)N1C(=O)CC(N)C1c1ccc(F)cc1Cl. The molecule has 1 aliphatic heterocycles. The lowest BCUT2D eigenvalue weighted by Crippen LogP contribution is -2.45. The summed E-state index contributed by atoms with van der Waals surface area (Å²) in [4.78, 5) is 13.9. The summed E-state index contributed by atoms with van der Waals surface area (Å²) in [5, 5.41) is 0.310. The van der Waals surface area contributed by atoms with Crippen LogP contribution in [-0.2, 0) is 4.79 Å². The molecule has 2 N–H and O–H groups in total. The topological polar surface area (TPSA) is 46.3 Å². The number of rotatable bonds is 1. The first-order valence-electron chi connectivity index (χ1n) is 6.24. The third kappa shape index (κ3) is 2.60. The minimum Gasteiger partial charge on any atom is -0.329 e. The van der Waals surface area contributed by atoms with Gasteiger partial charge >= 0.3 is 0 Å². The molecule has 1 aromatic carbocycles. The lowest BCUT2D eigenvalue weighted by molar-refractivity contribution is -0.133. The fraction of sp³-hybridized carbons (Fsp3) is 0.500. The number of hydrogen-bond donors (Lipinski definition) is 1. The Bertz CT molecular complexity index is 513. The summed E-state index contributed by atoms with van der Waals surface area (Å²) in [6.07, 6.45) is 0.287. The van der Waals surface area contributed by atoms with Crippen molar-refractivity contribution in [3.05, 3.63) is 34.6 Å². The van der Waals surface area contributed by atoms with Crippen LogP contribution in [0.15, 0.2) is 18.2 Å². The Balaban J connectivity index is 2.48. The summed E-state index contributed by atoms with van der Waals surface area (Å²) < 4.78 is 13.1. The number of likely N-dealkylation sites (tertiary alicyclic amines) is 1. The summed E-state index contributed by atoms with van der Waals surface area (Å²) in [6.45, 7) is 5.86. The van der Waals surface area contributed by atoms with E-state index in [1.807, 2.05) is 20.8 Å². The van der Waals surface area contributed by atoms with E-state index >= 15 is 0 Å². The summed E-state index contributed by atoms with van der Waals surface area (Å²) in [7, 11) is 0. The highest BCUT2D eigenvalue weighted by molar-refractivity contribution is 6.31. The molecular formula is C14H18ClFN2O. The monoisotopic (exact) mass is 284 g/mol. The predicted molar refractivity (Wildman–Crippen MR) is 73.3 cm³/mol. The quantitative estimate of drug-likeness (QED) is 0.862. The first-order chi connectivity index (χ1) is 8.71. The molecule has 1 aliphatic rings. The Morgan fingerprint density at radius 1 is 1.42 bits per heavy atom. The third-order valence-corrected chi connectivity index (χ3v) is 3.69. The average molecular weight is 285 g/mol. The van der Waals surface area contributed by atoms with Gasteiger partial charge in [-0.25, -0.2) is 4.39 Å². The van der Waals surface area contributed by atoms with Crippen LogP contribution < -0.4 is 5.73 Å². The van der Waals surface area contributed by atoms with Crippen LogP contribution >= 0.6 is 11.6 Å². The number of nitrogens with two attached hydrogens (primary N) is 1. The Kier molecular flexibility index (Phi) is 3.58. The predicted octanol–water partition coefficient (Wildman–Crippen LogP) is 2.88. The van der Waals surface area contributed by atoms with Crippen molar-refractivity contribution >= 4 is 17.5 Å². The van der Waals surface area contributed by atoms with E-state index in [1.54, 1.807) is 11.0 Å². The van der Waals surface area contributed by atoms with E-state index in [4.69, 9.17) is 17.3 Å². The van der Waals surface area contributed by atoms with Crippen LogP contribution in [0, 0.1) is 5.82 Å². The molecule has 5 heteroatoms. The second-order valence-electron chi connectivity index (χ2n) is 5.91. The molecule has 1 saturated heterocycles. The number of benzene rings is 1. The van der Waals surface area contributed by atoms with Crippen LogP contribution in [0.3, 0.4) is 0 Å². The van der Waals surface area contributed by atoms with Crippen molar-refractivity contribution in [2.24, 2.45) is 5.73 Å². The highest BCUT2D eigenvalue weighted by Gasteiger charge is 2.44. The number of carbonyl (C=O) groups excluding carboxylic acids is 1. The summed E-state index contributed by atoms with van der Waals surface area (Å²) in [6, 6.07) is 3.58. The van der Waals surface area contributed by atoms with Crippen molar-refractivity contribution in [3.63, 3.8) is 0 Å². The van der Waals surface area contributed by atoms with E-state index in [0.29, 0.717) is 10.6 Å². The Hall–Kier alpha value is -1.13. The van der Waals surface area contributed by atoms with Gasteiger partial charge in [0.1, 0.15) is 5.82 Å². The van der Waals surface area contributed by atoms with Crippen molar-refractivity contribution in [3.8, 4) is 0 Å². The molecule has 2 unspecified atom stereocenters. The highest BCUT2D eigenvalue weighted by atomic mass is 35.5. The zero-order valence-electron chi connectivity index (χ0n) is 11.3. The Labute approximate surface area is 117 Å². The Morgan fingerprint density at radius 3 is 2.58 bits per heavy atom. The lowest BCUT2D eigenvalue weighted by atomic mass is 9.97. The normalized spacial score (nSPS) is 24.1. The molecule has 0 aromatic heterocycles. The Morgan fingerprint density at radius 2 is 2.05 bits per heavy atom. The van der Waals surface area contributed by atoms with Crippen LogP contribution in [0.2, 0.25) is 5.02 Å². The van der Waals surface area contributed by atoms with Crippen LogP contribution in [-0.4, -0.2) is 22.4 Å². The highest BCUT2D eigenvalue weighted by Crippen LogP contribution is 2.40. The molecule has 0 saturated carbocycles. The van der Waals surface area contributed by atoms with E-state index in [2.05, 4.69) is 0 Å². The van der Waals surface area contributed by atoms with Crippen LogP contribution in [0.5, 0.6) is 0 Å². The van der Waals surface area contributed by atoms with Crippen LogP contribution in [0.25, 0.3) is 0 Å². The number of nitrogens with zero attached hydrogens (tertiary/aromatic N) is 1. The lowest BCUT2D eigenvalue weighted by Gasteiger charge is -2.38. The van der Waals surface area contributed by atoms with E-state index in [9.17, 15) is 9.18 Å². The number of carbonyl (C=O) groups is 1. The first-order valence-corrected chi connectivity index (χ1v) is 6.62. The van der Waals surface area contributed by atoms with Gasteiger partial charge in [-0.3, -0.25) is 4.79 Å². The molecule has 19 heavy (non-hydrogen) atoms. The van der Waals surface area contributed by atoms with Crippen LogP contribution in [0.4, 0.5) is 4.39 Å². The first kappa shape index (κ1) is 14.3. The van der Waals surface area contributed by atoms with Gasteiger partial charge in [-0.05, 0) is 38.5 Å². The van der Waals surface area contributed by atoms with E-state index in [-0.39, 0.29) is 30.0 Å². The zero-order valence-corrected chi connectivity index (χ0v) is 12.0. The smallest absolute Gasteiger partial charge is 0.225 e. The van der Waals surface area contributed by atoms with Crippen molar-refractivity contribution in [2.45, 2.75) is 44.8 Å². The van der Waals surface area contributed by atoms with E-state index < -0.39 is 5.82 Å². The van der Waals surface area contributed by atoms with Gasteiger partial charge in [-0.2, -0.15) is 0 Å². The van der Waals surface area contributed by atoms with Gasteiger partial charge < -0.3 is 10.6 Å². The molecule has 1 fully saturated rings. The van der Waals surface area contributed by atoms with Crippen molar-refractivity contribution in [2.75, 3.05) is 0 Å². The number of amides is 1. The summed E-state index contributed by atoms with van der Waals surface area (Å²) in [5.74, 6) is -0.389. The molecule has 104 valence electrons. The zero-order chi connectivity index (χ0) is 14.4. The van der Waals surface area contributed by atoms with Gasteiger partial charge in [-0.1, -0.05) is 17.7 Å². The largest absolute Gasteiger partial charge is 0.329 e. The molecule has 0 bridgehead atoms. The van der Waals surface area contributed by atoms with Crippen LogP contribution in [0.1, 0.15) is 38.8 Å². The molecule has 1 aromatic rings. The maximum atomic E-state index is 13.1. The molecule has 0 radical (unpaired) electrons. The second kappa shape index (κ2) is 4.76. The van der Waals surface area contributed by atoms with Crippen molar-refractivity contribution in [1.29, 1.82) is 0 Å². The van der Waals surface area contributed by atoms with Gasteiger partial charge in [0.2, 0.25) is 5.91 Å². The molecule has 2 rings (SSSR count). The van der Waals surface area contributed by atoms with Gasteiger partial charge in [0, 0.05) is 23.0 Å². The van der Waals surface area contributed by atoms with E-state index in [1.165, 1.54) is 12.1 Å².